The number of aromatic nitrogens is 1. The van der Waals surface area contributed by atoms with E-state index < -0.39 is 5.97 Å². The number of hydrogen-bond donors (Lipinski definition) is 2. The second kappa shape index (κ2) is 2.57. The molecule has 4 nitrogen and oxygen atoms in total. The van der Waals surface area contributed by atoms with E-state index in [1.54, 1.807) is 11.5 Å². The van der Waals surface area contributed by atoms with Crippen LogP contribution in [-0.4, -0.2) is 22.1 Å². The first kappa shape index (κ1) is 7.24. The van der Waals surface area contributed by atoms with E-state index >= 15 is 0 Å². The SMILES string of the molecule is O=C(O)[C@@H]1Cc2cccnc2[NH2+]1. The van der Waals surface area contributed by atoms with Crippen molar-refractivity contribution in [3.63, 3.8) is 0 Å². The number of carboxylic acids is 1. The zero-order valence-electron chi connectivity index (χ0n) is 6.40. The highest BCUT2D eigenvalue weighted by Gasteiger charge is 2.31. The summed E-state index contributed by atoms with van der Waals surface area (Å²) in [7, 11) is 0. The first-order chi connectivity index (χ1) is 5.77. The quantitative estimate of drug-likeness (QED) is 0.577. The third kappa shape index (κ3) is 1.06. The van der Waals surface area contributed by atoms with Crippen LogP contribution in [0, 0.1) is 0 Å². The molecule has 1 atom stereocenters. The number of quaternary nitrogens is 1. The largest absolute Gasteiger partial charge is 0.477 e. The summed E-state index contributed by atoms with van der Waals surface area (Å²) < 4.78 is 0. The lowest BCUT2D eigenvalue weighted by molar-refractivity contribution is -0.592. The monoisotopic (exact) mass is 165 g/mol. The molecule has 0 fully saturated rings. The maximum Gasteiger partial charge on any atom is 0.363 e. The highest BCUT2D eigenvalue weighted by molar-refractivity contribution is 5.73. The predicted molar refractivity (Wildman–Crippen MR) is 41.0 cm³/mol. The Bertz CT molecular complexity index is 300. The number of nitrogens with two attached hydrogens (primary N) is 1. The van der Waals surface area contributed by atoms with Crippen LogP contribution in [0.25, 0.3) is 0 Å². The Morgan fingerprint density at radius 3 is 3.25 bits per heavy atom. The molecule has 2 heterocycles. The van der Waals surface area contributed by atoms with Crippen molar-refractivity contribution >= 4 is 11.8 Å². The molecule has 2 rings (SSSR count). The Kier molecular flexibility index (Phi) is 1.55. The van der Waals surface area contributed by atoms with Crippen LogP contribution in [0.1, 0.15) is 5.56 Å². The van der Waals surface area contributed by atoms with E-state index in [2.05, 4.69) is 4.98 Å². The molecule has 0 aromatic carbocycles. The van der Waals surface area contributed by atoms with Crippen LogP contribution in [0.15, 0.2) is 18.3 Å². The van der Waals surface area contributed by atoms with Gasteiger partial charge in [0.05, 0.1) is 0 Å². The molecule has 62 valence electrons. The highest BCUT2D eigenvalue weighted by atomic mass is 16.4. The van der Waals surface area contributed by atoms with E-state index in [0.717, 1.165) is 11.4 Å². The van der Waals surface area contributed by atoms with Crippen molar-refractivity contribution in [2.75, 3.05) is 0 Å². The normalized spacial score (nSPS) is 20.5. The Labute approximate surface area is 69.2 Å². The first-order valence-corrected chi connectivity index (χ1v) is 3.79. The number of carboxylic acid groups (broad SMARTS) is 1. The van der Waals surface area contributed by atoms with Gasteiger partial charge in [-0.25, -0.2) is 9.78 Å². The lowest BCUT2D eigenvalue weighted by Gasteiger charge is -1.96. The molecule has 0 unspecified atom stereocenters. The number of hydrogen-bond acceptors (Lipinski definition) is 2. The third-order valence-corrected chi connectivity index (χ3v) is 2.04. The molecule has 1 aliphatic heterocycles. The fourth-order valence-corrected chi connectivity index (χ4v) is 1.42. The summed E-state index contributed by atoms with van der Waals surface area (Å²) >= 11 is 0. The van der Waals surface area contributed by atoms with Crippen LogP contribution in [-0.2, 0) is 11.2 Å². The molecule has 3 N–H and O–H groups in total. The third-order valence-electron chi connectivity index (χ3n) is 2.04. The van der Waals surface area contributed by atoms with E-state index in [0.29, 0.717) is 6.42 Å². The molecular weight excluding hydrogens is 156 g/mol. The summed E-state index contributed by atoms with van der Waals surface area (Å²) in [5.41, 5.74) is 1.03. The summed E-state index contributed by atoms with van der Waals surface area (Å²) in [6, 6.07) is 3.37. The predicted octanol–water partition coefficient (Wildman–Crippen LogP) is -0.714. The molecule has 0 radical (unpaired) electrons. The van der Waals surface area contributed by atoms with Crippen LogP contribution in [0.4, 0.5) is 5.82 Å². The smallest absolute Gasteiger partial charge is 0.363 e. The lowest BCUT2D eigenvalue weighted by Crippen LogP contribution is -2.85. The van der Waals surface area contributed by atoms with E-state index in [9.17, 15) is 4.79 Å². The zero-order chi connectivity index (χ0) is 8.55. The summed E-state index contributed by atoms with van der Waals surface area (Å²) in [4.78, 5) is 14.7. The van der Waals surface area contributed by atoms with E-state index in [1.165, 1.54) is 0 Å². The number of carbonyl (C=O) groups is 1. The molecule has 0 spiro atoms. The second-order valence-corrected chi connectivity index (χ2v) is 2.86. The van der Waals surface area contributed by atoms with Gasteiger partial charge in [-0.1, -0.05) is 0 Å². The van der Waals surface area contributed by atoms with Gasteiger partial charge in [-0.05, 0) is 12.1 Å². The first-order valence-electron chi connectivity index (χ1n) is 3.79. The zero-order valence-corrected chi connectivity index (χ0v) is 6.40. The standard InChI is InChI=1S/C8H8N2O2/c11-8(12)6-4-5-2-1-3-9-7(5)10-6/h1-3,6H,4H2,(H,9,10)(H,11,12)/p+1/t6-/m0/s1. The van der Waals surface area contributed by atoms with Gasteiger partial charge < -0.3 is 5.11 Å². The molecule has 0 amide bonds. The van der Waals surface area contributed by atoms with Gasteiger partial charge in [0.25, 0.3) is 0 Å². The topological polar surface area (TPSA) is 66.8 Å². The van der Waals surface area contributed by atoms with Crippen molar-refractivity contribution in [2.24, 2.45) is 0 Å². The van der Waals surface area contributed by atoms with Gasteiger partial charge in [-0.3, -0.25) is 5.32 Å². The molecule has 4 heteroatoms. The maximum atomic E-state index is 10.6. The van der Waals surface area contributed by atoms with Gasteiger partial charge in [-0.15, -0.1) is 0 Å². The minimum Gasteiger partial charge on any atom is -0.477 e. The van der Waals surface area contributed by atoms with Crippen molar-refractivity contribution in [2.45, 2.75) is 12.5 Å². The summed E-state index contributed by atoms with van der Waals surface area (Å²) in [6.07, 6.45) is 2.26. The van der Waals surface area contributed by atoms with Crippen molar-refractivity contribution in [1.29, 1.82) is 0 Å². The van der Waals surface area contributed by atoms with E-state index in [-0.39, 0.29) is 6.04 Å². The summed E-state index contributed by atoms with van der Waals surface area (Å²) in [5.74, 6) is 0.0536. The fraction of sp³-hybridized carbons (Fsp3) is 0.250. The minimum absolute atomic E-state index is 0.380. The van der Waals surface area contributed by atoms with Gasteiger partial charge in [-0.2, -0.15) is 0 Å². The average molecular weight is 165 g/mol. The number of pyridine rings is 1. The second-order valence-electron chi connectivity index (χ2n) is 2.86. The van der Waals surface area contributed by atoms with E-state index in [1.807, 2.05) is 12.1 Å². The van der Waals surface area contributed by atoms with Gasteiger partial charge in [0.1, 0.15) is 0 Å². The Balaban J connectivity index is 2.27. The van der Waals surface area contributed by atoms with Crippen LogP contribution >= 0.6 is 0 Å². The minimum atomic E-state index is -0.770. The van der Waals surface area contributed by atoms with Crippen LogP contribution < -0.4 is 5.32 Å². The molecular formula is C8H9N2O2+. The lowest BCUT2D eigenvalue weighted by atomic mass is 10.1. The maximum absolute atomic E-state index is 10.6. The number of fused-ring (bicyclic) bond motifs is 1. The van der Waals surface area contributed by atoms with Gasteiger partial charge in [0.2, 0.25) is 5.82 Å². The van der Waals surface area contributed by atoms with Gasteiger partial charge in [0, 0.05) is 18.2 Å². The Hall–Kier alpha value is -1.42. The highest BCUT2D eigenvalue weighted by Crippen LogP contribution is 2.13. The van der Waals surface area contributed by atoms with E-state index in [4.69, 9.17) is 5.11 Å². The van der Waals surface area contributed by atoms with Crippen molar-refractivity contribution < 1.29 is 15.2 Å². The van der Waals surface area contributed by atoms with Crippen LogP contribution in [0.3, 0.4) is 0 Å². The van der Waals surface area contributed by atoms with Crippen molar-refractivity contribution in [3.05, 3.63) is 23.9 Å². The fourth-order valence-electron chi connectivity index (χ4n) is 1.42. The Morgan fingerprint density at radius 2 is 2.58 bits per heavy atom. The molecule has 1 aromatic rings. The summed E-state index contributed by atoms with van der Waals surface area (Å²) in [6.45, 7) is 0. The van der Waals surface area contributed by atoms with Gasteiger partial charge in [0.15, 0.2) is 6.04 Å². The van der Waals surface area contributed by atoms with Crippen LogP contribution in [0.2, 0.25) is 0 Å². The molecule has 0 aliphatic carbocycles. The van der Waals surface area contributed by atoms with Crippen molar-refractivity contribution in [1.82, 2.24) is 4.98 Å². The average Bonchev–Trinajstić information content (AvgIpc) is 2.46. The number of rotatable bonds is 1. The van der Waals surface area contributed by atoms with Crippen LogP contribution in [0.5, 0.6) is 0 Å². The molecule has 1 aliphatic rings. The molecule has 0 saturated carbocycles. The molecule has 0 bridgehead atoms. The number of nitrogens with zero attached hydrogens (tertiary/aromatic N) is 1. The molecule has 1 aromatic heterocycles. The summed E-state index contributed by atoms with van der Waals surface area (Å²) in [5, 5.41) is 10.4. The van der Waals surface area contributed by atoms with Crippen molar-refractivity contribution in [3.8, 4) is 0 Å². The van der Waals surface area contributed by atoms with Gasteiger partial charge >= 0.3 is 5.97 Å². The number of aliphatic carboxylic acids is 1. The Morgan fingerprint density at radius 1 is 1.75 bits per heavy atom. The molecule has 12 heavy (non-hydrogen) atoms. The molecule has 0 saturated heterocycles.